The molecule has 0 fully saturated rings. The lowest BCUT2D eigenvalue weighted by Gasteiger charge is -2.12. The van der Waals surface area contributed by atoms with Crippen molar-refractivity contribution in [3.05, 3.63) is 35.9 Å². The first-order chi connectivity index (χ1) is 9.74. The molecule has 20 heavy (non-hydrogen) atoms. The number of methoxy groups -OCH3 is 1. The number of hydrogen-bond donors (Lipinski definition) is 2. The van der Waals surface area contributed by atoms with Crippen molar-refractivity contribution in [2.75, 3.05) is 33.5 Å². The first-order valence-electron chi connectivity index (χ1n) is 6.88. The van der Waals surface area contributed by atoms with Gasteiger partial charge in [0, 0.05) is 32.7 Å². The first kappa shape index (κ1) is 16.6. The van der Waals surface area contributed by atoms with Crippen molar-refractivity contribution in [2.24, 2.45) is 5.73 Å². The lowest BCUT2D eigenvalue weighted by Crippen LogP contribution is -2.28. The molecule has 1 atom stereocenters. The van der Waals surface area contributed by atoms with E-state index in [1.54, 1.807) is 7.11 Å². The highest BCUT2D eigenvalue weighted by Crippen LogP contribution is 2.12. The largest absolute Gasteiger partial charge is 0.382 e. The number of amides is 1. The van der Waals surface area contributed by atoms with Gasteiger partial charge in [-0.25, -0.2) is 0 Å². The quantitative estimate of drug-likeness (QED) is 0.633. The molecule has 112 valence electrons. The van der Waals surface area contributed by atoms with Gasteiger partial charge in [0.2, 0.25) is 5.91 Å². The topological polar surface area (TPSA) is 73.6 Å². The smallest absolute Gasteiger partial charge is 0.221 e. The molecule has 1 unspecified atom stereocenters. The van der Waals surface area contributed by atoms with Crippen LogP contribution in [-0.2, 0) is 14.3 Å². The Bertz CT molecular complexity index is 371. The SMILES string of the molecule is COCCOCCCNC(=O)CC(N)c1ccccc1. The van der Waals surface area contributed by atoms with Crippen LogP contribution in [0.1, 0.15) is 24.4 Å². The Morgan fingerprint density at radius 2 is 2.00 bits per heavy atom. The fourth-order valence-electron chi connectivity index (χ4n) is 1.74. The summed E-state index contributed by atoms with van der Waals surface area (Å²) < 4.78 is 10.2. The van der Waals surface area contributed by atoms with E-state index >= 15 is 0 Å². The highest BCUT2D eigenvalue weighted by molar-refractivity contribution is 5.76. The summed E-state index contributed by atoms with van der Waals surface area (Å²) in [4.78, 5) is 11.7. The normalized spacial score (nSPS) is 12.1. The van der Waals surface area contributed by atoms with Crippen LogP contribution >= 0.6 is 0 Å². The molecule has 0 aliphatic heterocycles. The monoisotopic (exact) mass is 280 g/mol. The molecular weight excluding hydrogens is 256 g/mol. The molecule has 3 N–H and O–H groups in total. The van der Waals surface area contributed by atoms with Gasteiger partial charge in [0.25, 0.3) is 0 Å². The van der Waals surface area contributed by atoms with Crippen LogP contribution in [-0.4, -0.2) is 39.4 Å². The average molecular weight is 280 g/mol. The Balaban J connectivity index is 2.08. The predicted molar refractivity (Wildman–Crippen MR) is 78.3 cm³/mol. The minimum atomic E-state index is -0.255. The second kappa shape index (κ2) is 10.4. The van der Waals surface area contributed by atoms with Crippen molar-refractivity contribution in [3.63, 3.8) is 0 Å². The zero-order valence-electron chi connectivity index (χ0n) is 12.0. The molecule has 0 saturated heterocycles. The van der Waals surface area contributed by atoms with Gasteiger partial charge in [-0.2, -0.15) is 0 Å². The number of carbonyl (C=O) groups is 1. The van der Waals surface area contributed by atoms with Gasteiger partial charge in [0.15, 0.2) is 0 Å². The van der Waals surface area contributed by atoms with Gasteiger partial charge < -0.3 is 20.5 Å². The number of nitrogens with two attached hydrogens (primary N) is 1. The maximum absolute atomic E-state index is 11.7. The van der Waals surface area contributed by atoms with Crippen molar-refractivity contribution < 1.29 is 14.3 Å². The van der Waals surface area contributed by atoms with E-state index in [2.05, 4.69) is 5.32 Å². The average Bonchev–Trinajstić information content (AvgIpc) is 2.47. The highest BCUT2D eigenvalue weighted by Gasteiger charge is 2.10. The van der Waals surface area contributed by atoms with E-state index in [0.717, 1.165) is 12.0 Å². The van der Waals surface area contributed by atoms with Crippen LogP contribution in [0.25, 0.3) is 0 Å². The van der Waals surface area contributed by atoms with Gasteiger partial charge in [0.05, 0.1) is 13.2 Å². The Morgan fingerprint density at radius 1 is 1.25 bits per heavy atom. The highest BCUT2D eigenvalue weighted by atomic mass is 16.5. The molecule has 1 aromatic rings. The molecule has 0 aliphatic carbocycles. The summed E-state index contributed by atoms with van der Waals surface area (Å²) in [5.41, 5.74) is 6.96. The van der Waals surface area contributed by atoms with Gasteiger partial charge in [0.1, 0.15) is 0 Å². The summed E-state index contributed by atoms with van der Waals surface area (Å²) in [5.74, 6) is -0.0294. The van der Waals surface area contributed by atoms with E-state index in [9.17, 15) is 4.79 Å². The standard InChI is InChI=1S/C15H24N2O3/c1-19-10-11-20-9-5-8-17-15(18)12-14(16)13-6-3-2-4-7-13/h2-4,6-7,14H,5,8-12,16H2,1H3,(H,17,18). The van der Waals surface area contributed by atoms with E-state index in [4.69, 9.17) is 15.2 Å². The second-order valence-electron chi connectivity index (χ2n) is 4.53. The minimum absolute atomic E-state index is 0.0294. The number of ether oxygens (including phenoxy) is 2. The molecule has 0 aromatic heterocycles. The summed E-state index contributed by atoms with van der Waals surface area (Å²) in [6.07, 6.45) is 1.09. The van der Waals surface area contributed by atoms with Crippen molar-refractivity contribution in [2.45, 2.75) is 18.9 Å². The van der Waals surface area contributed by atoms with Crippen LogP contribution in [0.4, 0.5) is 0 Å². The molecule has 5 nitrogen and oxygen atoms in total. The maximum atomic E-state index is 11.7. The molecular formula is C15H24N2O3. The van der Waals surface area contributed by atoms with Gasteiger partial charge in [-0.3, -0.25) is 4.79 Å². The fraction of sp³-hybridized carbons (Fsp3) is 0.533. The number of hydrogen-bond acceptors (Lipinski definition) is 4. The zero-order chi connectivity index (χ0) is 14.6. The number of benzene rings is 1. The van der Waals surface area contributed by atoms with Crippen molar-refractivity contribution in [3.8, 4) is 0 Å². The van der Waals surface area contributed by atoms with Crippen LogP contribution in [0.2, 0.25) is 0 Å². The van der Waals surface area contributed by atoms with Crippen LogP contribution in [0, 0.1) is 0 Å². The summed E-state index contributed by atoms with van der Waals surface area (Å²) in [6, 6.07) is 9.38. The number of carbonyl (C=O) groups excluding carboxylic acids is 1. The first-order valence-corrected chi connectivity index (χ1v) is 6.88. The third kappa shape index (κ3) is 7.23. The van der Waals surface area contributed by atoms with Crippen LogP contribution < -0.4 is 11.1 Å². The Hall–Kier alpha value is -1.43. The summed E-state index contributed by atoms with van der Waals surface area (Å²) in [5, 5.41) is 2.84. The minimum Gasteiger partial charge on any atom is -0.382 e. The molecule has 0 aliphatic rings. The van der Waals surface area contributed by atoms with Crippen LogP contribution in [0.5, 0.6) is 0 Å². The zero-order valence-corrected chi connectivity index (χ0v) is 12.0. The lowest BCUT2D eigenvalue weighted by atomic mass is 10.0. The predicted octanol–water partition coefficient (Wildman–Crippen LogP) is 1.25. The molecule has 0 saturated carbocycles. The summed E-state index contributed by atoms with van der Waals surface area (Å²) in [7, 11) is 1.64. The van der Waals surface area contributed by atoms with Crippen molar-refractivity contribution in [1.82, 2.24) is 5.32 Å². The van der Waals surface area contributed by atoms with Gasteiger partial charge in [-0.15, -0.1) is 0 Å². The lowest BCUT2D eigenvalue weighted by molar-refractivity contribution is -0.121. The van der Waals surface area contributed by atoms with Gasteiger partial charge in [-0.05, 0) is 12.0 Å². The van der Waals surface area contributed by atoms with Crippen LogP contribution in [0.15, 0.2) is 30.3 Å². The molecule has 5 heteroatoms. The molecule has 0 radical (unpaired) electrons. The Kier molecular flexibility index (Phi) is 8.62. The van der Waals surface area contributed by atoms with E-state index in [0.29, 0.717) is 32.8 Å². The fourth-order valence-corrected chi connectivity index (χ4v) is 1.74. The number of nitrogens with one attached hydrogen (secondary N) is 1. The van der Waals surface area contributed by atoms with Crippen molar-refractivity contribution >= 4 is 5.91 Å². The maximum Gasteiger partial charge on any atom is 0.221 e. The van der Waals surface area contributed by atoms with E-state index in [-0.39, 0.29) is 11.9 Å². The summed E-state index contributed by atoms with van der Waals surface area (Å²) >= 11 is 0. The van der Waals surface area contributed by atoms with E-state index in [1.807, 2.05) is 30.3 Å². The molecule has 1 amide bonds. The molecule has 1 rings (SSSR count). The summed E-state index contributed by atoms with van der Waals surface area (Å²) in [6.45, 7) is 2.41. The van der Waals surface area contributed by atoms with Gasteiger partial charge in [-0.1, -0.05) is 30.3 Å². The molecule has 0 heterocycles. The molecule has 0 bridgehead atoms. The second-order valence-corrected chi connectivity index (χ2v) is 4.53. The van der Waals surface area contributed by atoms with Crippen molar-refractivity contribution in [1.29, 1.82) is 0 Å². The van der Waals surface area contributed by atoms with Crippen LogP contribution in [0.3, 0.4) is 0 Å². The third-order valence-corrected chi connectivity index (χ3v) is 2.85. The van der Waals surface area contributed by atoms with E-state index < -0.39 is 0 Å². The van der Waals surface area contributed by atoms with Gasteiger partial charge >= 0.3 is 0 Å². The Labute approximate surface area is 120 Å². The molecule has 0 spiro atoms. The third-order valence-electron chi connectivity index (χ3n) is 2.85. The molecule has 1 aromatic carbocycles. The number of rotatable bonds is 10. The van der Waals surface area contributed by atoms with E-state index in [1.165, 1.54) is 0 Å². The Morgan fingerprint density at radius 3 is 2.70 bits per heavy atom.